The molecule has 2 aliphatic rings. The molecule has 4 nitrogen and oxygen atoms in total. The van der Waals surface area contributed by atoms with Gasteiger partial charge < -0.3 is 10.2 Å². The fraction of sp³-hybridized carbons (Fsp3) is 0.500. The monoisotopic (exact) mass is 323 g/mol. The lowest BCUT2D eigenvalue weighted by atomic mass is 9.78. The van der Waals surface area contributed by atoms with Crippen molar-refractivity contribution in [3.8, 4) is 0 Å². The molecule has 0 saturated carbocycles. The Hall–Kier alpha value is -1.94. The number of aromatic nitrogens is 1. The van der Waals surface area contributed by atoms with Crippen LogP contribution in [0.5, 0.6) is 0 Å². The Morgan fingerprint density at radius 2 is 2.00 bits per heavy atom. The molecule has 24 heavy (non-hydrogen) atoms. The van der Waals surface area contributed by atoms with E-state index in [2.05, 4.69) is 21.3 Å². The fourth-order valence-electron chi connectivity index (χ4n) is 4.23. The number of hydrogen-bond donors (Lipinski definition) is 1. The highest BCUT2D eigenvalue weighted by atomic mass is 16.2. The minimum atomic E-state index is 0.302. The van der Waals surface area contributed by atoms with Crippen molar-refractivity contribution in [3.63, 3.8) is 0 Å². The highest BCUT2D eigenvalue weighted by Crippen LogP contribution is 2.37. The maximum Gasteiger partial charge on any atom is 0.222 e. The average Bonchev–Trinajstić information content (AvgIpc) is 3.08. The van der Waals surface area contributed by atoms with Crippen LogP contribution >= 0.6 is 0 Å². The molecule has 2 aliphatic heterocycles. The predicted molar refractivity (Wildman–Crippen MR) is 95.8 cm³/mol. The minimum absolute atomic E-state index is 0.302. The van der Waals surface area contributed by atoms with E-state index in [4.69, 9.17) is 0 Å². The molecule has 1 amide bonds. The highest BCUT2D eigenvalue weighted by Gasteiger charge is 2.37. The van der Waals surface area contributed by atoms with Gasteiger partial charge >= 0.3 is 0 Å². The number of carbonyl (C=O) groups excluding carboxylic acids is 1. The van der Waals surface area contributed by atoms with E-state index in [0.717, 1.165) is 51.0 Å². The van der Waals surface area contributed by atoms with Crippen LogP contribution in [0.2, 0.25) is 0 Å². The van der Waals surface area contributed by atoms with Crippen molar-refractivity contribution in [3.05, 3.63) is 42.1 Å². The predicted octanol–water partition coefficient (Wildman–Crippen LogP) is 2.77. The third kappa shape index (κ3) is 3.03. The van der Waals surface area contributed by atoms with Crippen LogP contribution in [-0.4, -0.2) is 42.0 Å². The van der Waals surface area contributed by atoms with Gasteiger partial charge in [-0.15, -0.1) is 0 Å². The fourth-order valence-corrected chi connectivity index (χ4v) is 4.23. The number of likely N-dealkylation sites (tertiary alicyclic amines) is 1. The molecule has 2 saturated heterocycles. The number of fused-ring (bicyclic) bond motifs is 1. The molecule has 3 heterocycles. The number of nitrogens with zero attached hydrogens (tertiary/aromatic N) is 2. The molecule has 0 unspecified atom stereocenters. The number of carbonyl (C=O) groups is 1. The lowest BCUT2D eigenvalue weighted by molar-refractivity contribution is -0.133. The van der Waals surface area contributed by atoms with Gasteiger partial charge in [0.05, 0.1) is 5.52 Å². The largest absolute Gasteiger partial charge is 0.343 e. The molecule has 1 aromatic carbocycles. The van der Waals surface area contributed by atoms with Crippen molar-refractivity contribution >= 4 is 16.8 Å². The Labute approximate surface area is 143 Å². The van der Waals surface area contributed by atoms with Crippen LogP contribution in [0.4, 0.5) is 0 Å². The topological polar surface area (TPSA) is 45.2 Å². The maximum absolute atomic E-state index is 12.6. The van der Waals surface area contributed by atoms with E-state index >= 15 is 0 Å². The molecule has 0 atom stereocenters. The summed E-state index contributed by atoms with van der Waals surface area (Å²) in [6, 6.07) is 10.2. The zero-order chi connectivity index (χ0) is 16.4. The summed E-state index contributed by atoms with van der Waals surface area (Å²) in [6.45, 7) is 4.14. The van der Waals surface area contributed by atoms with Crippen LogP contribution in [0, 0.1) is 5.41 Å². The van der Waals surface area contributed by atoms with Crippen LogP contribution in [0.3, 0.4) is 0 Å². The Morgan fingerprint density at radius 3 is 2.79 bits per heavy atom. The summed E-state index contributed by atoms with van der Waals surface area (Å²) in [7, 11) is 0. The minimum Gasteiger partial charge on any atom is -0.343 e. The second-order valence-corrected chi connectivity index (χ2v) is 7.29. The molecule has 126 valence electrons. The number of amides is 1. The SMILES string of the molecule is O=C(CCc1ccnc2ccccc12)N1CCC2(CCNC2)CC1. The van der Waals surface area contributed by atoms with Gasteiger partial charge in [0.25, 0.3) is 0 Å². The molecule has 1 spiro atoms. The second-order valence-electron chi connectivity index (χ2n) is 7.29. The van der Waals surface area contributed by atoms with Gasteiger partial charge in [-0.1, -0.05) is 18.2 Å². The summed E-state index contributed by atoms with van der Waals surface area (Å²) >= 11 is 0. The Kier molecular flexibility index (Phi) is 4.23. The van der Waals surface area contributed by atoms with E-state index in [1.807, 2.05) is 30.5 Å². The van der Waals surface area contributed by atoms with Gasteiger partial charge in [-0.25, -0.2) is 0 Å². The molecule has 2 fully saturated rings. The lowest BCUT2D eigenvalue weighted by Gasteiger charge is -2.39. The second kappa shape index (κ2) is 6.52. The van der Waals surface area contributed by atoms with Gasteiger partial charge in [-0.05, 0) is 55.3 Å². The van der Waals surface area contributed by atoms with Gasteiger partial charge in [-0.2, -0.15) is 0 Å². The van der Waals surface area contributed by atoms with Crippen molar-refractivity contribution in [2.45, 2.75) is 32.1 Å². The standard InChI is InChI=1S/C20H25N3O/c24-19(23-13-9-20(10-14-23)8-12-21-15-20)6-5-16-7-11-22-18-4-2-1-3-17(16)18/h1-4,7,11,21H,5-6,8-10,12-15H2. The van der Waals surface area contributed by atoms with Gasteiger partial charge in [-0.3, -0.25) is 9.78 Å². The van der Waals surface area contributed by atoms with Gasteiger partial charge in [0.15, 0.2) is 0 Å². The summed E-state index contributed by atoms with van der Waals surface area (Å²) in [5.41, 5.74) is 2.71. The zero-order valence-electron chi connectivity index (χ0n) is 14.1. The van der Waals surface area contributed by atoms with Crippen LogP contribution in [-0.2, 0) is 11.2 Å². The molecule has 1 aromatic heterocycles. The molecule has 4 rings (SSSR count). The summed E-state index contributed by atoms with van der Waals surface area (Å²) in [5.74, 6) is 0.302. The van der Waals surface area contributed by atoms with Crippen LogP contribution in [0.1, 0.15) is 31.2 Å². The van der Waals surface area contributed by atoms with Crippen LogP contribution in [0.15, 0.2) is 36.5 Å². The molecular formula is C20H25N3O. The van der Waals surface area contributed by atoms with Crippen molar-refractivity contribution in [1.29, 1.82) is 0 Å². The quantitative estimate of drug-likeness (QED) is 0.945. The molecule has 2 aromatic rings. The first kappa shape index (κ1) is 15.6. The number of pyridine rings is 1. The highest BCUT2D eigenvalue weighted by molar-refractivity contribution is 5.83. The normalized spacial score (nSPS) is 19.9. The third-order valence-electron chi connectivity index (χ3n) is 5.86. The molecule has 0 radical (unpaired) electrons. The first-order valence-electron chi connectivity index (χ1n) is 9.07. The molecular weight excluding hydrogens is 298 g/mol. The smallest absolute Gasteiger partial charge is 0.222 e. The van der Waals surface area contributed by atoms with Gasteiger partial charge in [0, 0.05) is 37.6 Å². The average molecular weight is 323 g/mol. The summed E-state index contributed by atoms with van der Waals surface area (Å²) in [4.78, 5) is 19.1. The van der Waals surface area contributed by atoms with Crippen LogP contribution in [0.25, 0.3) is 10.9 Å². The number of rotatable bonds is 3. The van der Waals surface area contributed by atoms with Crippen molar-refractivity contribution in [2.75, 3.05) is 26.2 Å². The van der Waals surface area contributed by atoms with E-state index in [9.17, 15) is 4.79 Å². The van der Waals surface area contributed by atoms with Gasteiger partial charge in [0.1, 0.15) is 0 Å². The molecule has 0 aliphatic carbocycles. The number of nitrogens with one attached hydrogen (secondary N) is 1. The summed E-state index contributed by atoms with van der Waals surface area (Å²) in [6.07, 6.45) is 6.83. The first-order valence-corrected chi connectivity index (χ1v) is 9.07. The molecule has 1 N–H and O–H groups in total. The van der Waals surface area contributed by atoms with Crippen molar-refractivity contribution in [2.24, 2.45) is 5.41 Å². The summed E-state index contributed by atoms with van der Waals surface area (Å²) in [5, 5.41) is 4.65. The number of hydrogen-bond acceptors (Lipinski definition) is 3. The summed E-state index contributed by atoms with van der Waals surface area (Å²) < 4.78 is 0. The molecule has 4 heteroatoms. The van der Waals surface area contributed by atoms with E-state index in [-0.39, 0.29) is 0 Å². The van der Waals surface area contributed by atoms with Crippen molar-refractivity contribution < 1.29 is 4.79 Å². The Balaban J connectivity index is 1.36. The Bertz CT molecular complexity index is 721. The van der Waals surface area contributed by atoms with Crippen LogP contribution < -0.4 is 5.32 Å². The third-order valence-corrected chi connectivity index (χ3v) is 5.86. The number of aryl methyl sites for hydroxylation is 1. The Morgan fingerprint density at radius 1 is 1.17 bits per heavy atom. The zero-order valence-corrected chi connectivity index (χ0v) is 14.1. The maximum atomic E-state index is 12.6. The number of piperidine rings is 1. The van der Waals surface area contributed by atoms with Crippen molar-refractivity contribution in [1.82, 2.24) is 15.2 Å². The lowest BCUT2D eigenvalue weighted by Crippen LogP contribution is -2.44. The van der Waals surface area contributed by atoms with E-state index in [1.165, 1.54) is 17.4 Å². The first-order chi connectivity index (χ1) is 11.8. The number of benzene rings is 1. The van der Waals surface area contributed by atoms with E-state index < -0.39 is 0 Å². The van der Waals surface area contributed by atoms with E-state index in [1.54, 1.807) is 0 Å². The number of para-hydroxylation sites is 1. The van der Waals surface area contributed by atoms with E-state index in [0.29, 0.717) is 17.7 Å². The van der Waals surface area contributed by atoms with Gasteiger partial charge in [0.2, 0.25) is 5.91 Å². The molecule has 0 bridgehead atoms.